The van der Waals surface area contributed by atoms with Gasteiger partial charge in [-0.3, -0.25) is 9.97 Å². The molecule has 0 spiro atoms. The Bertz CT molecular complexity index is 915. The monoisotopic (exact) mass is 353 g/mol. The maximum Gasteiger partial charge on any atom is 0.329 e. The maximum absolute atomic E-state index is 10.6. The fourth-order valence-corrected chi connectivity index (χ4v) is 2.46. The van der Waals surface area contributed by atoms with Crippen LogP contribution in [0.2, 0.25) is 0 Å². The van der Waals surface area contributed by atoms with Crippen LogP contribution in [-0.2, 0) is 9.53 Å². The standard InChI is InChI=1S/C18H19N5O3/c1-18(2,11-26-10-15(24)25)23-17-13-5-8-20-9-14(13)21-16(22-17)12-3-6-19-7-4-12/h3-9H,10-11H2,1-2H3,(H,24,25)(H,21,22,23). The van der Waals surface area contributed by atoms with Gasteiger partial charge in [0.15, 0.2) is 5.82 Å². The Hall–Kier alpha value is -3.13. The number of nitrogens with one attached hydrogen (secondary N) is 1. The number of carboxylic acids is 1. The van der Waals surface area contributed by atoms with Crippen LogP contribution in [0.25, 0.3) is 22.3 Å². The lowest BCUT2D eigenvalue weighted by Gasteiger charge is -2.27. The summed E-state index contributed by atoms with van der Waals surface area (Å²) in [6.07, 6.45) is 6.73. The van der Waals surface area contributed by atoms with Gasteiger partial charge < -0.3 is 15.2 Å². The highest BCUT2D eigenvalue weighted by Crippen LogP contribution is 2.26. The van der Waals surface area contributed by atoms with E-state index in [1.807, 2.05) is 32.0 Å². The molecular formula is C18H19N5O3. The number of aliphatic carboxylic acids is 1. The molecule has 0 aliphatic rings. The van der Waals surface area contributed by atoms with Gasteiger partial charge in [-0.15, -0.1) is 0 Å². The molecule has 8 nitrogen and oxygen atoms in total. The summed E-state index contributed by atoms with van der Waals surface area (Å²) in [5.74, 6) is 0.185. The van der Waals surface area contributed by atoms with Crippen LogP contribution in [0, 0.1) is 0 Å². The molecule has 3 aromatic heterocycles. The molecule has 0 fully saturated rings. The van der Waals surface area contributed by atoms with Crippen molar-refractivity contribution in [3.05, 3.63) is 43.0 Å². The highest BCUT2D eigenvalue weighted by Gasteiger charge is 2.21. The molecule has 0 amide bonds. The van der Waals surface area contributed by atoms with Crippen LogP contribution in [0.3, 0.4) is 0 Å². The highest BCUT2D eigenvalue weighted by atomic mass is 16.5. The summed E-state index contributed by atoms with van der Waals surface area (Å²) in [5, 5.41) is 12.9. The van der Waals surface area contributed by atoms with E-state index >= 15 is 0 Å². The van der Waals surface area contributed by atoms with E-state index in [4.69, 9.17) is 9.84 Å². The van der Waals surface area contributed by atoms with Gasteiger partial charge in [0, 0.05) is 29.5 Å². The number of ether oxygens (including phenoxy) is 1. The van der Waals surface area contributed by atoms with Gasteiger partial charge in [-0.05, 0) is 32.0 Å². The maximum atomic E-state index is 10.6. The van der Waals surface area contributed by atoms with Crippen LogP contribution in [-0.4, -0.2) is 49.8 Å². The number of fused-ring (bicyclic) bond motifs is 1. The molecule has 134 valence electrons. The summed E-state index contributed by atoms with van der Waals surface area (Å²) in [7, 11) is 0. The Morgan fingerprint density at radius 2 is 1.88 bits per heavy atom. The summed E-state index contributed by atoms with van der Waals surface area (Å²) in [5.41, 5.74) is 1.02. The van der Waals surface area contributed by atoms with Crippen molar-refractivity contribution in [2.24, 2.45) is 0 Å². The first-order valence-electron chi connectivity index (χ1n) is 8.04. The van der Waals surface area contributed by atoms with Crippen molar-refractivity contribution in [2.45, 2.75) is 19.4 Å². The van der Waals surface area contributed by atoms with E-state index in [1.165, 1.54) is 0 Å². The molecule has 2 N–H and O–H groups in total. The first kappa shape index (κ1) is 17.7. The van der Waals surface area contributed by atoms with Gasteiger partial charge in [0.05, 0.1) is 23.9 Å². The quantitative estimate of drug-likeness (QED) is 0.666. The smallest absolute Gasteiger partial charge is 0.329 e. The molecule has 0 saturated carbocycles. The normalized spacial score (nSPS) is 11.5. The van der Waals surface area contributed by atoms with Crippen molar-refractivity contribution in [3.8, 4) is 11.4 Å². The zero-order chi connectivity index (χ0) is 18.6. The van der Waals surface area contributed by atoms with Crippen molar-refractivity contribution in [2.75, 3.05) is 18.5 Å². The van der Waals surface area contributed by atoms with Gasteiger partial charge in [-0.2, -0.15) is 0 Å². The molecule has 0 aliphatic heterocycles. The molecule has 8 heteroatoms. The second kappa shape index (κ2) is 7.40. The number of rotatable bonds is 7. The fourth-order valence-electron chi connectivity index (χ4n) is 2.46. The molecule has 3 rings (SSSR count). The van der Waals surface area contributed by atoms with E-state index in [0.717, 1.165) is 10.9 Å². The Morgan fingerprint density at radius 3 is 2.62 bits per heavy atom. The van der Waals surface area contributed by atoms with Crippen molar-refractivity contribution >= 4 is 22.7 Å². The Morgan fingerprint density at radius 1 is 1.15 bits per heavy atom. The van der Waals surface area contributed by atoms with Crippen molar-refractivity contribution in [1.82, 2.24) is 19.9 Å². The van der Waals surface area contributed by atoms with E-state index in [-0.39, 0.29) is 13.2 Å². The summed E-state index contributed by atoms with van der Waals surface area (Å²) in [6, 6.07) is 5.51. The van der Waals surface area contributed by atoms with Gasteiger partial charge in [-0.1, -0.05) is 0 Å². The molecule has 0 atom stereocenters. The lowest BCUT2D eigenvalue weighted by atomic mass is 10.1. The molecule has 26 heavy (non-hydrogen) atoms. The molecular weight excluding hydrogens is 334 g/mol. The highest BCUT2D eigenvalue weighted by molar-refractivity contribution is 5.90. The van der Waals surface area contributed by atoms with Gasteiger partial charge in [0.25, 0.3) is 0 Å². The number of hydrogen-bond donors (Lipinski definition) is 2. The third-order valence-electron chi connectivity index (χ3n) is 3.58. The molecule has 0 bridgehead atoms. The SMILES string of the molecule is CC(C)(COCC(=O)O)Nc1nc(-c2ccncc2)nc2cnccc12. The summed E-state index contributed by atoms with van der Waals surface area (Å²) >= 11 is 0. The molecule has 3 heterocycles. The largest absolute Gasteiger partial charge is 0.480 e. The topological polar surface area (TPSA) is 110 Å². The van der Waals surface area contributed by atoms with Gasteiger partial charge in [0.2, 0.25) is 0 Å². The van der Waals surface area contributed by atoms with Gasteiger partial charge in [0.1, 0.15) is 12.4 Å². The summed E-state index contributed by atoms with van der Waals surface area (Å²) in [4.78, 5) is 28.0. The lowest BCUT2D eigenvalue weighted by molar-refractivity contribution is -0.142. The van der Waals surface area contributed by atoms with Gasteiger partial charge >= 0.3 is 5.97 Å². The minimum absolute atomic E-state index is 0.209. The van der Waals surface area contributed by atoms with Crippen LogP contribution in [0.4, 0.5) is 5.82 Å². The number of anilines is 1. The van der Waals surface area contributed by atoms with E-state index in [1.54, 1.807) is 24.8 Å². The van der Waals surface area contributed by atoms with Crippen LogP contribution in [0.15, 0.2) is 43.0 Å². The first-order valence-corrected chi connectivity index (χ1v) is 8.04. The predicted molar refractivity (Wildman–Crippen MR) is 96.7 cm³/mol. The molecule has 0 saturated heterocycles. The van der Waals surface area contributed by atoms with E-state index in [0.29, 0.717) is 17.2 Å². The third-order valence-corrected chi connectivity index (χ3v) is 3.58. The van der Waals surface area contributed by atoms with Crippen LogP contribution in [0.5, 0.6) is 0 Å². The average Bonchev–Trinajstić information content (AvgIpc) is 2.61. The zero-order valence-electron chi connectivity index (χ0n) is 14.5. The predicted octanol–water partition coefficient (Wildman–Crippen LogP) is 2.38. The number of aromatic nitrogens is 4. The molecule has 0 unspecified atom stereocenters. The average molecular weight is 353 g/mol. The Labute approximate surface area is 150 Å². The van der Waals surface area contributed by atoms with E-state index < -0.39 is 11.5 Å². The zero-order valence-corrected chi connectivity index (χ0v) is 14.5. The number of nitrogens with zero attached hydrogens (tertiary/aromatic N) is 4. The van der Waals surface area contributed by atoms with Crippen molar-refractivity contribution in [3.63, 3.8) is 0 Å². The lowest BCUT2D eigenvalue weighted by Crippen LogP contribution is -2.37. The Kier molecular flexibility index (Phi) is 5.04. The molecule has 0 aliphatic carbocycles. The second-order valence-corrected chi connectivity index (χ2v) is 6.42. The van der Waals surface area contributed by atoms with E-state index in [9.17, 15) is 4.79 Å². The van der Waals surface area contributed by atoms with Crippen molar-refractivity contribution < 1.29 is 14.6 Å². The van der Waals surface area contributed by atoms with Crippen LogP contribution in [0.1, 0.15) is 13.8 Å². The number of carboxylic acid groups (broad SMARTS) is 1. The Balaban J connectivity index is 1.95. The number of pyridine rings is 2. The first-order chi connectivity index (χ1) is 12.4. The summed E-state index contributed by atoms with van der Waals surface area (Å²) in [6.45, 7) is 3.69. The van der Waals surface area contributed by atoms with E-state index in [2.05, 4.69) is 25.3 Å². The minimum Gasteiger partial charge on any atom is -0.480 e. The number of hydrogen-bond acceptors (Lipinski definition) is 7. The fraction of sp³-hybridized carbons (Fsp3) is 0.278. The van der Waals surface area contributed by atoms with Gasteiger partial charge in [-0.25, -0.2) is 14.8 Å². The van der Waals surface area contributed by atoms with Crippen LogP contribution < -0.4 is 5.32 Å². The number of carbonyl (C=O) groups is 1. The molecule has 0 radical (unpaired) electrons. The molecule has 3 aromatic rings. The third kappa shape index (κ3) is 4.28. The minimum atomic E-state index is -1.00. The second-order valence-electron chi connectivity index (χ2n) is 6.42. The summed E-state index contributed by atoms with van der Waals surface area (Å²) < 4.78 is 5.23. The molecule has 0 aromatic carbocycles. The van der Waals surface area contributed by atoms with Crippen LogP contribution >= 0.6 is 0 Å². The van der Waals surface area contributed by atoms with Crippen molar-refractivity contribution in [1.29, 1.82) is 0 Å².